The zero-order chi connectivity index (χ0) is 14.5. The fraction of sp³-hybridized carbons (Fsp3) is 0.235. The first-order valence-corrected chi connectivity index (χ1v) is 6.96. The Morgan fingerprint density at radius 1 is 1.25 bits per heavy atom. The van der Waals surface area contributed by atoms with Crippen molar-refractivity contribution in [3.63, 3.8) is 0 Å². The average molecular weight is 285 g/mol. The molecule has 2 aromatic carbocycles. The Hall–Kier alpha value is -1.82. The monoisotopic (exact) mass is 284 g/mol. The van der Waals surface area contributed by atoms with Crippen molar-refractivity contribution < 1.29 is 0 Å². The predicted molar refractivity (Wildman–Crippen MR) is 82.6 cm³/mol. The van der Waals surface area contributed by atoms with Crippen molar-refractivity contribution in [3.05, 3.63) is 69.7 Å². The lowest BCUT2D eigenvalue weighted by atomic mass is 10.1. The molecule has 2 rings (SSSR count). The van der Waals surface area contributed by atoms with Crippen LogP contribution in [-0.2, 0) is 6.54 Å². The third-order valence-electron chi connectivity index (χ3n) is 3.32. The van der Waals surface area contributed by atoms with Crippen LogP contribution in [0.4, 0.5) is 0 Å². The third kappa shape index (κ3) is 3.60. The summed E-state index contributed by atoms with van der Waals surface area (Å²) >= 11 is 6.17. The Balaban J connectivity index is 2.04. The van der Waals surface area contributed by atoms with E-state index >= 15 is 0 Å². The SMILES string of the molecule is Cc1cccc([C@H](C)NCc2ccc(C#N)cc2Cl)c1. The van der Waals surface area contributed by atoms with Crippen molar-refractivity contribution >= 4 is 11.6 Å². The van der Waals surface area contributed by atoms with Gasteiger partial charge in [0.1, 0.15) is 0 Å². The standard InChI is InChI=1S/C17H17ClN2/c1-12-4-3-5-15(8-12)13(2)20-11-16-7-6-14(10-19)9-17(16)18/h3-9,13,20H,11H2,1-2H3/t13-/m0/s1. The molecule has 0 saturated carbocycles. The van der Waals surface area contributed by atoms with Gasteiger partial charge in [-0.15, -0.1) is 0 Å². The van der Waals surface area contributed by atoms with Crippen molar-refractivity contribution in [2.45, 2.75) is 26.4 Å². The van der Waals surface area contributed by atoms with Gasteiger partial charge in [0.25, 0.3) is 0 Å². The topological polar surface area (TPSA) is 35.8 Å². The number of rotatable bonds is 4. The number of hydrogen-bond acceptors (Lipinski definition) is 2. The highest BCUT2D eigenvalue weighted by Gasteiger charge is 2.07. The molecule has 0 radical (unpaired) electrons. The minimum Gasteiger partial charge on any atom is -0.306 e. The lowest BCUT2D eigenvalue weighted by molar-refractivity contribution is 0.574. The first-order chi connectivity index (χ1) is 9.60. The molecule has 0 aliphatic rings. The first kappa shape index (κ1) is 14.6. The molecule has 20 heavy (non-hydrogen) atoms. The van der Waals surface area contributed by atoms with Crippen LogP contribution in [0.1, 0.15) is 35.2 Å². The maximum absolute atomic E-state index is 8.82. The van der Waals surface area contributed by atoms with Gasteiger partial charge in [0.15, 0.2) is 0 Å². The van der Waals surface area contributed by atoms with Crippen molar-refractivity contribution in [3.8, 4) is 6.07 Å². The Kier molecular flexibility index (Phi) is 4.79. The number of benzene rings is 2. The van der Waals surface area contributed by atoms with Crippen LogP contribution in [-0.4, -0.2) is 0 Å². The van der Waals surface area contributed by atoms with Gasteiger partial charge >= 0.3 is 0 Å². The predicted octanol–water partition coefficient (Wildman–Crippen LogP) is 4.37. The normalized spacial score (nSPS) is 11.9. The molecule has 3 heteroatoms. The summed E-state index contributed by atoms with van der Waals surface area (Å²) in [5.41, 5.74) is 4.11. The Morgan fingerprint density at radius 2 is 2.05 bits per heavy atom. The van der Waals surface area contributed by atoms with E-state index in [2.05, 4.69) is 49.5 Å². The largest absolute Gasteiger partial charge is 0.306 e. The van der Waals surface area contributed by atoms with E-state index in [1.807, 2.05) is 6.07 Å². The third-order valence-corrected chi connectivity index (χ3v) is 3.67. The van der Waals surface area contributed by atoms with Gasteiger partial charge in [0.2, 0.25) is 0 Å². The molecule has 0 heterocycles. The molecule has 0 saturated heterocycles. The van der Waals surface area contributed by atoms with E-state index in [0.717, 1.165) is 5.56 Å². The first-order valence-electron chi connectivity index (χ1n) is 6.58. The van der Waals surface area contributed by atoms with E-state index in [9.17, 15) is 0 Å². The molecule has 0 fully saturated rings. The summed E-state index contributed by atoms with van der Waals surface area (Å²) in [6, 6.07) is 16.2. The van der Waals surface area contributed by atoms with Crippen LogP contribution in [0.15, 0.2) is 42.5 Å². The van der Waals surface area contributed by atoms with Gasteiger partial charge < -0.3 is 5.32 Å². The Morgan fingerprint density at radius 3 is 2.70 bits per heavy atom. The summed E-state index contributed by atoms with van der Waals surface area (Å²) in [5, 5.41) is 12.9. The molecule has 0 aromatic heterocycles. The molecule has 2 aromatic rings. The number of halogens is 1. The number of nitrogens with zero attached hydrogens (tertiary/aromatic N) is 1. The minimum atomic E-state index is 0.251. The van der Waals surface area contributed by atoms with Gasteiger partial charge in [-0.25, -0.2) is 0 Å². The molecule has 0 amide bonds. The molecule has 1 N–H and O–H groups in total. The summed E-state index contributed by atoms with van der Waals surface area (Å²) in [6.07, 6.45) is 0. The Labute approximate surface area is 125 Å². The molecule has 0 spiro atoms. The van der Waals surface area contributed by atoms with Crippen molar-refractivity contribution in [1.29, 1.82) is 5.26 Å². The van der Waals surface area contributed by atoms with E-state index in [1.54, 1.807) is 12.1 Å². The Bertz CT molecular complexity index is 644. The fourth-order valence-corrected chi connectivity index (χ4v) is 2.33. The van der Waals surface area contributed by atoms with Crippen LogP contribution in [0, 0.1) is 18.3 Å². The molecular formula is C17H17ClN2. The zero-order valence-electron chi connectivity index (χ0n) is 11.7. The van der Waals surface area contributed by atoms with E-state index in [1.165, 1.54) is 11.1 Å². The second kappa shape index (κ2) is 6.56. The average Bonchev–Trinajstić information content (AvgIpc) is 2.45. The van der Waals surface area contributed by atoms with E-state index < -0.39 is 0 Å². The lowest BCUT2D eigenvalue weighted by Crippen LogP contribution is -2.18. The zero-order valence-corrected chi connectivity index (χ0v) is 12.4. The van der Waals surface area contributed by atoms with Crippen molar-refractivity contribution in [2.75, 3.05) is 0 Å². The summed E-state index contributed by atoms with van der Waals surface area (Å²) in [5.74, 6) is 0. The molecule has 0 bridgehead atoms. The summed E-state index contributed by atoms with van der Waals surface area (Å²) < 4.78 is 0. The molecule has 0 aliphatic carbocycles. The molecule has 102 valence electrons. The van der Waals surface area contributed by atoms with Gasteiger partial charge in [-0.1, -0.05) is 47.5 Å². The molecule has 1 atom stereocenters. The number of nitriles is 1. The van der Waals surface area contributed by atoms with E-state index in [-0.39, 0.29) is 6.04 Å². The second-order valence-electron chi connectivity index (χ2n) is 4.93. The highest BCUT2D eigenvalue weighted by atomic mass is 35.5. The quantitative estimate of drug-likeness (QED) is 0.905. The van der Waals surface area contributed by atoms with Crippen LogP contribution in [0.3, 0.4) is 0 Å². The minimum absolute atomic E-state index is 0.251. The van der Waals surface area contributed by atoms with Crippen LogP contribution in [0.25, 0.3) is 0 Å². The summed E-state index contributed by atoms with van der Waals surface area (Å²) in [6.45, 7) is 4.90. The fourth-order valence-electron chi connectivity index (χ4n) is 2.08. The van der Waals surface area contributed by atoms with Crippen molar-refractivity contribution in [1.82, 2.24) is 5.32 Å². The second-order valence-corrected chi connectivity index (χ2v) is 5.34. The lowest BCUT2D eigenvalue weighted by Gasteiger charge is -2.15. The number of aryl methyl sites for hydroxylation is 1. The van der Waals surface area contributed by atoms with Crippen LogP contribution >= 0.6 is 11.6 Å². The highest BCUT2D eigenvalue weighted by Crippen LogP contribution is 2.19. The van der Waals surface area contributed by atoms with E-state index in [0.29, 0.717) is 17.1 Å². The van der Waals surface area contributed by atoms with Crippen LogP contribution in [0.5, 0.6) is 0 Å². The maximum Gasteiger partial charge on any atom is 0.0992 e. The number of hydrogen-bond donors (Lipinski definition) is 1. The van der Waals surface area contributed by atoms with Crippen LogP contribution < -0.4 is 5.32 Å². The van der Waals surface area contributed by atoms with Gasteiger partial charge in [0.05, 0.1) is 11.6 Å². The van der Waals surface area contributed by atoms with Gasteiger partial charge in [-0.3, -0.25) is 0 Å². The molecule has 2 nitrogen and oxygen atoms in total. The van der Waals surface area contributed by atoms with Gasteiger partial charge in [0, 0.05) is 17.6 Å². The van der Waals surface area contributed by atoms with Crippen LogP contribution in [0.2, 0.25) is 5.02 Å². The van der Waals surface area contributed by atoms with Crippen molar-refractivity contribution in [2.24, 2.45) is 0 Å². The molecule has 0 aliphatic heterocycles. The smallest absolute Gasteiger partial charge is 0.0992 e. The molecule has 0 unspecified atom stereocenters. The van der Waals surface area contributed by atoms with Gasteiger partial charge in [-0.05, 0) is 37.1 Å². The van der Waals surface area contributed by atoms with E-state index in [4.69, 9.17) is 16.9 Å². The maximum atomic E-state index is 8.82. The molecular weight excluding hydrogens is 268 g/mol. The summed E-state index contributed by atoms with van der Waals surface area (Å²) in [4.78, 5) is 0. The number of nitrogens with one attached hydrogen (secondary N) is 1. The van der Waals surface area contributed by atoms with Gasteiger partial charge in [-0.2, -0.15) is 5.26 Å². The highest BCUT2D eigenvalue weighted by molar-refractivity contribution is 6.31. The summed E-state index contributed by atoms with van der Waals surface area (Å²) in [7, 11) is 0.